The average Bonchev–Trinajstić information content (AvgIpc) is 1.37. The minimum atomic E-state index is 0. The van der Waals surface area contributed by atoms with Gasteiger partial charge in [-0.2, -0.15) is 0 Å². The number of unbranched alkanes of at least 4 members (excludes halogenated alkanes) is 1. The molecule has 0 atom stereocenters. The topological polar surface area (TPSA) is 0 Å². The minimum Gasteiger partial charge on any atom is -0.0654 e. The van der Waals surface area contributed by atoms with Gasteiger partial charge < -0.3 is 0 Å². The SMILES string of the molecule is [Ag].[CH2]CCC. The third-order valence-corrected chi connectivity index (χ3v) is 0.354. The fourth-order valence-electron chi connectivity index (χ4n) is 0. The molecule has 2 radical (unpaired) electrons. The van der Waals surface area contributed by atoms with Gasteiger partial charge >= 0.3 is 0 Å². The smallest absolute Gasteiger partial charge is 0 e. The molecular formula is C4H9Ag. The second-order valence-electron chi connectivity index (χ2n) is 0.854. The van der Waals surface area contributed by atoms with Gasteiger partial charge in [-0.05, 0) is 0 Å². The van der Waals surface area contributed by atoms with Crippen LogP contribution in [0.25, 0.3) is 0 Å². The van der Waals surface area contributed by atoms with Gasteiger partial charge in [-0.3, -0.25) is 0 Å². The van der Waals surface area contributed by atoms with Crippen LogP contribution in [0, 0.1) is 6.92 Å². The normalized spacial score (nSPS) is 6.00. The van der Waals surface area contributed by atoms with Crippen LogP contribution in [-0.2, 0) is 22.4 Å². The van der Waals surface area contributed by atoms with Crippen LogP contribution < -0.4 is 0 Å². The Morgan fingerprint density at radius 3 is 1.80 bits per heavy atom. The maximum absolute atomic E-state index is 3.60. The zero-order valence-corrected chi connectivity index (χ0v) is 4.91. The van der Waals surface area contributed by atoms with Crippen molar-refractivity contribution in [1.29, 1.82) is 0 Å². The molecule has 0 saturated carbocycles. The molecule has 0 heterocycles. The van der Waals surface area contributed by atoms with Gasteiger partial charge in [0, 0.05) is 22.4 Å². The van der Waals surface area contributed by atoms with Gasteiger partial charge in [-0.1, -0.05) is 26.7 Å². The summed E-state index contributed by atoms with van der Waals surface area (Å²) in [4.78, 5) is 0. The predicted molar refractivity (Wildman–Crippen MR) is 20.3 cm³/mol. The average molecular weight is 165 g/mol. The van der Waals surface area contributed by atoms with E-state index in [1.54, 1.807) is 0 Å². The monoisotopic (exact) mass is 164 g/mol. The van der Waals surface area contributed by atoms with E-state index in [0.29, 0.717) is 0 Å². The maximum atomic E-state index is 3.60. The van der Waals surface area contributed by atoms with E-state index in [2.05, 4.69) is 13.8 Å². The van der Waals surface area contributed by atoms with E-state index in [0.717, 1.165) is 6.42 Å². The first-order valence-electron chi connectivity index (χ1n) is 1.71. The van der Waals surface area contributed by atoms with Crippen molar-refractivity contribution < 1.29 is 22.4 Å². The van der Waals surface area contributed by atoms with Crippen molar-refractivity contribution in [1.82, 2.24) is 0 Å². The number of hydrogen-bond acceptors (Lipinski definition) is 0. The van der Waals surface area contributed by atoms with Gasteiger partial charge in [0.1, 0.15) is 0 Å². The van der Waals surface area contributed by atoms with E-state index < -0.39 is 0 Å². The first-order chi connectivity index (χ1) is 1.91. The van der Waals surface area contributed by atoms with Gasteiger partial charge in [-0.15, -0.1) is 0 Å². The summed E-state index contributed by atoms with van der Waals surface area (Å²) in [7, 11) is 0. The van der Waals surface area contributed by atoms with Crippen molar-refractivity contribution in [2.75, 3.05) is 0 Å². The second kappa shape index (κ2) is 8.83. The summed E-state index contributed by atoms with van der Waals surface area (Å²) in [5.41, 5.74) is 0. The van der Waals surface area contributed by atoms with E-state index >= 15 is 0 Å². The summed E-state index contributed by atoms with van der Waals surface area (Å²) in [6.45, 7) is 5.72. The third-order valence-electron chi connectivity index (χ3n) is 0.354. The molecule has 1 heteroatoms. The molecule has 36 valence electrons. The quantitative estimate of drug-likeness (QED) is 0.518. The summed E-state index contributed by atoms with van der Waals surface area (Å²) in [6, 6.07) is 0. The molecule has 0 aromatic rings. The summed E-state index contributed by atoms with van der Waals surface area (Å²) in [5, 5.41) is 0. The molecule has 0 spiro atoms. The Balaban J connectivity index is 0. The number of rotatable bonds is 1. The fraction of sp³-hybridized carbons (Fsp3) is 0.750. The van der Waals surface area contributed by atoms with Crippen molar-refractivity contribution in [2.24, 2.45) is 0 Å². The zero-order valence-electron chi connectivity index (χ0n) is 3.42. The van der Waals surface area contributed by atoms with Gasteiger partial charge in [0.05, 0.1) is 0 Å². The first-order valence-corrected chi connectivity index (χ1v) is 1.71. The Bertz CT molecular complexity index is 5.61. The third kappa shape index (κ3) is 11.8. The molecule has 0 rings (SSSR count). The Hall–Kier alpha value is 0.740. The van der Waals surface area contributed by atoms with Gasteiger partial charge in [-0.25, -0.2) is 0 Å². The maximum Gasteiger partial charge on any atom is 0 e. The van der Waals surface area contributed by atoms with E-state index in [1.165, 1.54) is 6.42 Å². The molecule has 0 fully saturated rings. The van der Waals surface area contributed by atoms with E-state index in [-0.39, 0.29) is 22.4 Å². The van der Waals surface area contributed by atoms with Crippen molar-refractivity contribution in [3.05, 3.63) is 6.92 Å². The summed E-state index contributed by atoms with van der Waals surface area (Å²) in [5.74, 6) is 0. The molecule has 0 saturated heterocycles. The largest absolute Gasteiger partial charge is 0.0654 e. The summed E-state index contributed by atoms with van der Waals surface area (Å²) in [6.07, 6.45) is 2.28. The summed E-state index contributed by atoms with van der Waals surface area (Å²) < 4.78 is 0. The summed E-state index contributed by atoms with van der Waals surface area (Å²) >= 11 is 0. The van der Waals surface area contributed by atoms with Crippen LogP contribution in [0.3, 0.4) is 0 Å². The van der Waals surface area contributed by atoms with Crippen molar-refractivity contribution in [2.45, 2.75) is 19.8 Å². The van der Waals surface area contributed by atoms with Gasteiger partial charge in [0.2, 0.25) is 0 Å². The molecule has 0 aromatic carbocycles. The van der Waals surface area contributed by atoms with Gasteiger partial charge in [0.15, 0.2) is 0 Å². The molecular weight excluding hydrogens is 156 g/mol. The van der Waals surface area contributed by atoms with Crippen LogP contribution in [0.2, 0.25) is 0 Å². The molecule has 0 bridgehead atoms. The van der Waals surface area contributed by atoms with Crippen LogP contribution in [0.1, 0.15) is 19.8 Å². The Labute approximate surface area is 49.5 Å². The predicted octanol–water partition coefficient (Wildman–Crippen LogP) is 1.62. The Morgan fingerprint density at radius 1 is 1.60 bits per heavy atom. The van der Waals surface area contributed by atoms with Crippen LogP contribution in [0.4, 0.5) is 0 Å². The van der Waals surface area contributed by atoms with Crippen molar-refractivity contribution >= 4 is 0 Å². The zero-order chi connectivity index (χ0) is 3.41. The number of hydrogen-bond donors (Lipinski definition) is 0. The molecule has 0 aromatic heterocycles. The van der Waals surface area contributed by atoms with E-state index in [9.17, 15) is 0 Å². The molecule has 0 aliphatic rings. The Kier molecular flexibility index (Phi) is 16.3. The van der Waals surface area contributed by atoms with Crippen molar-refractivity contribution in [3.63, 3.8) is 0 Å². The Morgan fingerprint density at radius 2 is 1.80 bits per heavy atom. The van der Waals surface area contributed by atoms with Crippen LogP contribution in [0.15, 0.2) is 0 Å². The minimum absolute atomic E-state index is 0. The molecule has 0 N–H and O–H groups in total. The standard InChI is InChI=1S/C4H9.Ag/c1-3-4-2;/h1,3-4H2,2H3;. The molecule has 0 aliphatic carbocycles. The van der Waals surface area contributed by atoms with Crippen LogP contribution in [-0.4, -0.2) is 0 Å². The fourth-order valence-corrected chi connectivity index (χ4v) is 0. The molecule has 0 unspecified atom stereocenters. The van der Waals surface area contributed by atoms with E-state index in [1.807, 2.05) is 0 Å². The molecule has 0 aliphatic heterocycles. The van der Waals surface area contributed by atoms with Crippen molar-refractivity contribution in [3.8, 4) is 0 Å². The van der Waals surface area contributed by atoms with Gasteiger partial charge in [0.25, 0.3) is 0 Å². The van der Waals surface area contributed by atoms with Crippen LogP contribution >= 0.6 is 0 Å². The van der Waals surface area contributed by atoms with Crippen LogP contribution in [0.5, 0.6) is 0 Å². The first kappa shape index (κ1) is 9.22. The molecule has 5 heavy (non-hydrogen) atoms. The molecule has 0 amide bonds. The molecule has 0 nitrogen and oxygen atoms in total. The second-order valence-corrected chi connectivity index (χ2v) is 0.854. The van der Waals surface area contributed by atoms with E-state index in [4.69, 9.17) is 0 Å².